The van der Waals surface area contributed by atoms with Gasteiger partial charge in [-0.25, -0.2) is 0 Å². The maximum absolute atomic E-state index is 13.2. The minimum atomic E-state index is -1.91. The second-order valence-corrected chi connectivity index (χ2v) is 14.2. The van der Waals surface area contributed by atoms with Gasteiger partial charge in [0.25, 0.3) is 0 Å². The minimum absolute atomic E-state index is 0.0389. The molecule has 0 saturated carbocycles. The summed E-state index contributed by atoms with van der Waals surface area (Å²) in [5, 5.41) is 0.116. The van der Waals surface area contributed by atoms with Crippen molar-refractivity contribution in [2.75, 3.05) is 11.5 Å². The van der Waals surface area contributed by atoms with Gasteiger partial charge in [0.1, 0.15) is 0 Å². The Kier molecular flexibility index (Phi) is 5.21. The fourth-order valence-electron chi connectivity index (χ4n) is 3.83. The van der Waals surface area contributed by atoms with Crippen molar-refractivity contribution in [1.82, 2.24) is 0 Å². The fourth-order valence-corrected chi connectivity index (χ4v) is 4.88. The first-order valence-corrected chi connectivity index (χ1v) is 12.7. The average Bonchev–Trinajstić information content (AvgIpc) is 2.83. The zero-order valence-corrected chi connectivity index (χ0v) is 18.3. The van der Waals surface area contributed by atoms with Crippen LogP contribution in [0.4, 0.5) is 5.69 Å². The number of rotatable bonds is 4. The summed E-state index contributed by atoms with van der Waals surface area (Å²) in [4.78, 5) is 27.7. The Morgan fingerprint density at radius 1 is 1.11 bits per heavy atom. The van der Waals surface area contributed by atoms with Crippen molar-refractivity contribution in [1.29, 1.82) is 0 Å². The molecule has 0 aromatic heterocycles. The summed E-state index contributed by atoms with van der Waals surface area (Å²) in [6.45, 7) is 13.7. The van der Waals surface area contributed by atoms with Gasteiger partial charge in [-0.2, -0.15) is 0 Å². The monoisotopic (exact) mass is 385 g/mol. The van der Waals surface area contributed by atoms with Crippen LogP contribution in [0, 0.1) is 17.8 Å². The van der Waals surface area contributed by atoms with Gasteiger partial charge in [0.05, 0.1) is 17.5 Å². The second kappa shape index (κ2) is 7.02. The molecule has 146 valence electrons. The molecule has 27 heavy (non-hydrogen) atoms. The Morgan fingerprint density at radius 3 is 2.33 bits per heavy atom. The zero-order valence-electron chi connectivity index (χ0n) is 17.3. The molecule has 1 saturated heterocycles. The van der Waals surface area contributed by atoms with Crippen molar-refractivity contribution in [3.8, 4) is 0 Å². The van der Waals surface area contributed by atoms with Crippen LogP contribution in [-0.4, -0.2) is 26.7 Å². The highest BCUT2D eigenvalue weighted by Crippen LogP contribution is 2.44. The van der Waals surface area contributed by atoms with E-state index in [-0.39, 0.29) is 34.6 Å². The molecular formula is C22H31NO3Si. The smallest absolute Gasteiger partial charge is 0.238 e. The Bertz CT molecular complexity index is 764. The number of anilines is 1. The molecule has 0 unspecified atom stereocenters. The number of fused-ring (bicyclic) bond motifs is 1. The summed E-state index contributed by atoms with van der Waals surface area (Å²) >= 11 is 0. The highest BCUT2D eigenvalue weighted by atomic mass is 28.4. The molecule has 2 amide bonds. The standard InChI is InChI=1S/C22H31NO3Si/c1-15-12-16(14-26-27(5,6)22(2,3)4)19-18(13-15)20(24)23(21(19)25)17-10-8-7-9-11-17/h7-12,16,18-19H,13-14H2,1-6H3/t16-,18-,19+/m1/s1. The number of nitrogens with zero attached hydrogens (tertiary/aromatic N) is 1. The molecule has 0 N–H and O–H groups in total. The first-order valence-electron chi connectivity index (χ1n) is 9.77. The SMILES string of the molecule is CC1=C[C@H](CO[Si](C)(C)C(C)(C)C)[C@@H]2C(=O)N(c3ccccc3)C(=O)[C@@H]2C1. The van der Waals surface area contributed by atoms with Crippen molar-refractivity contribution in [2.24, 2.45) is 17.8 Å². The number of hydrogen-bond donors (Lipinski definition) is 0. The molecule has 1 fully saturated rings. The fraction of sp³-hybridized carbons (Fsp3) is 0.545. The van der Waals surface area contributed by atoms with E-state index in [4.69, 9.17) is 4.43 Å². The molecule has 1 aliphatic carbocycles. The van der Waals surface area contributed by atoms with Crippen molar-refractivity contribution >= 4 is 25.8 Å². The Hall–Kier alpha value is -1.72. The molecule has 0 bridgehead atoms. The van der Waals surface area contributed by atoms with Crippen molar-refractivity contribution < 1.29 is 14.0 Å². The Morgan fingerprint density at radius 2 is 1.74 bits per heavy atom. The lowest BCUT2D eigenvalue weighted by atomic mass is 9.75. The quantitative estimate of drug-likeness (QED) is 0.426. The third-order valence-electron chi connectivity index (χ3n) is 6.44. The van der Waals surface area contributed by atoms with Crippen LogP contribution >= 0.6 is 0 Å². The van der Waals surface area contributed by atoms with E-state index in [2.05, 4.69) is 46.9 Å². The Balaban J connectivity index is 1.86. The van der Waals surface area contributed by atoms with Gasteiger partial charge in [-0.15, -0.1) is 0 Å². The van der Waals surface area contributed by atoms with Crippen molar-refractivity contribution in [2.45, 2.75) is 52.2 Å². The molecule has 5 heteroatoms. The van der Waals surface area contributed by atoms with Crippen LogP contribution in [0.15, 0.2) is 42.0 Å². The summed E-state index contributed by atoms with van der Waals surface area (Å²) < 4.78 is 6.43. The van der Waals surface area contributed by atoms with Crippen LogP contribution in [0.3, 0.4) is 0 Å². The van der Waals surface area contributed by atoms with Crippen LogP contribution in [0.5, 0.6) is 0 Å². The van der Waals surface area contributed by atoms with Gasteiger partial charge in [0, 0.05) is 12.5 Å². The van der Waals surface area contributed by atoms with Crippen LogP contribution < -0.4 is 4.90 Å². The molecule has 0 radical (unpaired) electrons. The van der Waals surface area contributed by atoms with E-state index in [1.54, 1.807) is 0 Å². The predicted octanol–water partition coefficient (Wildman–Crippen LogP) is 4.78. The average molecular weight is 386 g/mol. The largest absolute Gasteiger partial charge is 0.416 e. The van der Waals surface area contributed by atoms with Crippen LogP contribution in [0.2, 0.25) is 18.1 Å². The molecule has 3 rings (SSSR count). The predicted molar refractivity (Wildman–Crippen MR) is 111 cm³/mol. The topological polar surface area (TPSA) is 46.6 Å². The normalized spacial score (nSPS) is 26.2. The molecule has 0 spiro atoms. The first-order chi connectivity index (χ1) is 12.5. The van der Waals surface area contributed by atoms with E-state index in [1.165, 1.54) is 10.5 Å². The summed E-state index contributed by atoms with van der Waals surface area (Å²) in [7, 11) is -1.91. The van der Waals surface area contributed by atoms with E-state index in [1.807, 2.05) is 30.3 Å². The molecule has 1 heterocycles. The maximum Gasteiger partial charge on any atom is 0.238 e. The summed E-state index contributed by atoms with van der Waals surface area (Å²) in [5.41, 5.74) is 1.85. The molecular weight excluding hydrogens is 354 g/mol. The second-order valence-electron chi connectivity index (χ2n) is 9.43. The van der Waals surface area contributed by atoms with Crippen molar-refractivity contribution in [3.63, 3.8) is 0 Å². The van der Waals surface area contributed by atoms with Gasteiger partial charge in [0.2, 0.25) is 11.8 Å². The number of imide groups is 1. The summed E-state index contributed by atoms with van der Waals surface area (Å²) in [6, 6.07) is 9.27. The molecule has 3 atom stereocenters. The van der Waals surface area contributed by atoms with Gasteiger partial charge in [-0.05, 0) is 43.6 Å². The van der Waals surface area contributed by atoms with Gasteiger partial charge < -0.3 is 4.43 Å². The number of benzene rings is 1. The van der Waals surface area contributed by atoms with Gasteiger partial charge in [0.15, 0.2) is 8.32 Å². The number of carbonyl (C=O) groups is 2. The van der Waals surface area contributed by atoms with E-state index in [0.717, 1.165) is 0 Å². The first kappa shape index (κ1) is 20.0. The lowest BCUT2D eigenvalue weighted by molar-refractivity contribution is -0.123. The summed E-state index contributed by atoms with van der Waals surface area (Å²) in [5.74, 6) is -0.769. The van der Waals surface area contributed by atoms with Gasteiger partial charge in [-0.3, -0.25) is 14.5 Å². The lowest BCUT2D eigenvalue weighted by Crippen LogP contribution is -2.43. The van der Waals surface area contributed by atoms with E-state index in [0.29, 0.717) is 18.7 Å². The van der Waals surface area contributed by atoms with Gasteiger partial charge >= 0.3 is 0 Å². The Labute approximate surface area is 163 Å². The molecule has 2 aliphatic rings. The summed E-state index contributed by atoms with van der Waals surface area (Å²) in [6.07, 6.45) is 2.82. The number of para-hydroxylation sites is 1. The number of allylic oxidation sites excluding steroid dienone is 1. The number of amides is 2. The third-order valence-corrected chi connectivity index (χ3v) is 10.9. The maximum atomic E-state index is 13.2. The lowest BCUT2D eigenvalue weighted by Gasteiger charge is -2.38. The van der Waals surface area contributed by atoms with E-state index < -0.39 is 8.32 Å². The van der Waals surface area contributed by atoms with Crippen LogP contribution in [-0.2, 0) is 14.0 Å². The van der Waals surface area contributed by atoms with E-state index in [9.17, 15) is 9.59 Å². The highest BCUT2D eigenvalue weighted by molar-refractivity contribution is 6.74. The molecule has 1 aromatic rings. The van der Waals surface area contributed by atoms with Crippen LogP contribution in [0.25, 0.3) is 0 Å². The third kappa shape index (κ3) is 3.67. The highest BCUT2D eigenvalue weighted by Gasteiger charge is 2.52. The minimum Gasteiger partial charge on any atom is -0.416 e. The number of carbonyl (C=O) groups excluding carboxylic acids is 2. The molecule has 1 aliphatic heterocycles. The van der Waals surface area contributed by atoms with E-state index >= 15 is 0 Å². The zero-order chi connectivity index (χ0) is 20.0. The van der Waals surface area contributed by atoms with Crippen molar-refractivity contribution in [3.05, 3.63) is 42.0 Å². The number of hydrogen-bond acceptors (Lipinski definition) is 3. The molecule has 1 aromatic carbocycles. The van der Waals surface area contributed by atoms with Gasteiger partial charge in [-0.1, -0.05) is 50.6 Å². The van der Waals surface area contributed by atoms with Crippen LogP contribution in [0.1, 0.15) is 34.1 Å². The molecule has 4 nitrogen and oxygen atoms in total.